The predicted octanol–water partition coefficient (Wildman–Crippen LogP) is 1.99. The molecular weight excluding hydrogens is 262 g/mol. The SMILES string of the molecule is Cc1ccsc1C(=O)N1CCOCC1c1ccn[nH]1. The van der Waals surface area contributed by atoms with Crippen molar-refractivity contribution in [3.63, 3.8) is 0 Å². The molecule has 0 bridgehead atoms. The highest BCUT2D eigenvalue weighted by Gasteiger charge is 2.31. The lowest BCUT2D eigenvalue weighted by atomic mass is 10.1. The summed E-state index contributed by atoms with van der Waals surface area (Å²) in [6.45, 7) is 3.68. The topological polar surface area (TPSA) is 58.2 Å². The molecule has 1 atom stereocenters. The fourth-order valence-electron chi connectivity index (χ4n) is 2.28. The molecule has 0 saturated carbocycles. The van der Waals surface area contributed by atoms with Crippen LogP contribution >= 0.6 is 11.3 Å². The summed E-state index contributed by atoms with van der Waals surface area (Å²) in [7, 11) is 0. The molecule has 0 aromatic carbocycles. The van der Waals surface area contributed by atoms with E-state index in [2.05, 4.69) is 10.2 Å². The molecule has 2 aromatic heterocycles. The number of carbonyl (C=O) groups excluding carboxylic acids is 1. The monoisotopic (exact) mass is 277 g/mol. The molecule has 2 aromatic rings. The summed E-state index contributed by atoms with van der Waals surface area (Å²) in [5.74, 6) is 0.0791. The van der Waals surface area contributed by atoms with Crippen molar-refractivity contribution in [1.29, 1.82) is 0 Å². The number of aryl methyl sites for hydroxylation is 1. The van der Waals surface area contributed by atoms with Gasteiger partial charge in [-0.25, -0.2) is 0 Å². The Bertz CT molecular complexity index is 564. The number of ether oxygens (including phenoxy) is 1. The quantitative estimate of drug-likeness (QED) is 0.913. The maximum atomic E-state index is 12.6. The predicted molar refractivity (Wildman–Crippen MR) is 72.2 cm³/mol. The van der Waals surface area contributed by atoms with Crippen LogP contribution in [0.15, 0.2) is 23.7 Å². The number of hydrogen-bond donors (Lipinski definition) is 1. The van der Waals surface area contributed by atoms with Gasteiger partial charge in [-0.3, -0.25) is 9.89 Å². The third-order valence-electron chi connectivity index (χ3n) is 3.33. The third kappa shape index (κ3) is 2.29. The van der Waals surface area contributed by atoms with Crippen molar-refractivity contribution in [3.05, 3.63) is 39.8 Å². The first kappa shape index (κ1) is 12.4. The molecule has 0 aliphatic carbocycles. The van der Waals surface area contributed by atoms with Crippen LogP contribution in [0, 0.1) is 6.92 Å². The molecule has 3 heterocycles. The van der Waals surface area contributed by atoms with Crippen LogP contribution in [0.4, 0.5) is 0 Å². The third-order valence-corrected chi connectivity index (χ3v) is 4.33. The van der Waals surface area contributed by atoms with Gasteiger partial charge in [-0.15, -0.1) is 11.3 Å². The minimum atomic E-state index is -0.0785. The fourth-order valence-corrected chi connectivity index (χ4v) is 3.16. The number of carbonyl (C=O) groups is 1. The van der Waals surface area contributed by atoms with Crippen LogP contribution in [0.1, 0.15) is 27.0 Å². The summed E-state index contributed by atoms with van der Waals surface area (Å²) in [4.78, 5) is 15.3. The summed E-state index contributed by atoms with van der Waals surface area (Å²) in [5.41, 5.74) is 1.95. The number of rotatable bonds is 2. The van der Waals surface area contributed by atoms with Gasteiger partial charge in [-0.1, -0.05) is 0 Å². The number of aromatic nitrogens is 2. The number of nitrogens with one attached hydrogen (secondary N) is 1. The second-order valence-electron chi connectivity index (χ2n) is 4.53. The molecule has 6 heteroatoms. The molecule has 3 rings (SSSR count). The lowest BCUT2D eigenvalue weighted by Crippen LogP contribution is -2.43. The van der Waals surface area contributed by atoms with Gasteiger partial charge in [0.25, 0.3) is 5.91 Å². The number of thiophene rings is 1. The Morgan fingerprint density at radius 1 is 1.58 bits per heavy atom. The van der Waals surface area contributed by atoms with E-state index in [4.69, 9.17) is 4.74 Å². The lowest BCUT2D eigenvalue weighted by molar-refractivity contribution is -0.00368. The Balaban J connectivity index is 1.89. The Morgan fingerprint density at radius 3 is 3.16 bits per heavy atom. The summed E-state index contributed by atoms with van der Waals surface area (Å²) in [6, 6.07) is 3.79. The van der Waals surface area contributed by atoms with E-state index in [0.717, 1.165) is 16.1 Å². The number of aromatic amines is 1. The highest BCUT2D eigenvalue weighted by Crippen LogP contribution is 2.27. The molecule has 1 N–H and O–H groups in total. The van der Waals surface area contributed by atoms with Crippen molar-refractivity contribution >= 4 is 17.2 Å². The van der Waals surface area contributed by atoms with E-state index in [-0.39, 0.29) is 11.9 Å². The Kier molecular flexibility index (Phi) is 3.35. The molecule has 1 aliphatic rings. The van der Waals surface area contributed by atoms with Crippen molar-refractivity contribution < 1.29 is 9.53 Å². The Labute approximate surface area is 115 Å². The van der Waals surface area contributed by atoms with Crippen LogP contribution in [-0.2, 0) is 4.74 Å². The Morgan fingerprint density at radius 2 is 2.47 bits per heavy atom. The van der Waals surface area contributed by atoms with Gasteiger partial charge in [0.1, 0.15) is 0 Å². The number of morpholine rings is 1. The van der Waals surface area contributed by atoms with Gasteiger partial charge in [-0.2, -0.15) is 5.10 Å². The second-order valence-corrected chi connectivity index (χ2v) is 5.45. The van der Waals surface area contributed by atoms with Crippen LogP contribution in [0.3, 0.4) is 0 Å². The van der Waals surface area contributed by atoms with Crippen molar-refractivity contribution in [2.75, 3.05) is 19.8 Å². The summed E-state index contributed by atoms with van der Waals surface area (Å²) in [5, 5.41) is 8.84. The van der Waals surface area contributed by atoms with Crippen molar-refractivity contribution in [2.24, 2.45) is 0 Å². The maximum Gasteiger partial charge on any atom is 0.264 e. The molecule has 1 aliphatic heterocycles. The van der Waals surface area contributed by atoms with Gasteiger partial charge >= 0.3 is 0 Å². The van der Waals surface area contributed by atoms with Crippen LogP contribution < -0.4 is 0 Å². The number of amides is 1. The first-order valence-corrected chi connectivity index (χ1v) is 7.07. The zero-order valence-corrected chi connectivity index (χ0v) is 11.4. The van der Waals surface area contributed by atoms with E-state index in [9.17, 15) is 4.79 Å². The van der Waals surface area contributed by atoms with E-state index in [1.807, 2.05) is 29.3 Å². The van der Waals surface area contributed by atoms with Crippen LogP contribution in [0.2, 0.25) is 0 Å². The van der Waals surface area contributed by atoms with Crippen molar-refractivity contribution in [1.82, 2.24) is 15.1 Å². The molecule has 0 radical (unpaired) electrons. The normalized spacial score (nSPS) is 19.6. The molecule has 1 unspecified atom stereocenters. The van der Waals surface area contributed by atoms with E-state index < -0.39 is 0 Å². The number of hydrogen-bond acceptors (Lipinski definition) is 4. The molecule has 100 valence electrons. The minimum Gasteiger partial charge on any atom is -0.377 e. The zero-order valence-electron chi connectivity index (χ0n) is 10.6. The standard InChI is InChI=1S/C13H15N3O2S/c1-9-3-7-19-12(9)13(17)16-5-6-18-8-11(16)10-2-4-14-15-10/h2-4,7,11H,5-6,8H2,1H3,(H,14,15). The van der Waals surface area contributed by atoms with Gasteiger partial charge < -0.3 is 9.64 Å². The van der Waals surface area contributed by atoms with Crippen LogP contribution in [0.5, 0.6) is 0 Å². The highest BCUT2D eigenvalue weighted by molar-refractivity contribution is 7.12. The smallest absolute Gasteiger partial charge is 0.264 e. The number of H-pyrrole nitrogens is 1. The summed E-state index contributed by atoms with van der Waals surface area (Å²) in [6.07, 6.45) is 1.70. The lowest BCUT2D eigenvalue weighted by Gasteiger charge is -2.34. The van der Waals surface area contributed by atoms with Crippen molar-refractivity contribution in [2.45, 2.75) is 13.0 Å². The molecule has 5 nitrogen and oxygen atoms in total. The molecule has 19 heavy (non-hydrogen) atoms. The first-order chi connectivity index (χ1) is 9.27. The molecule has 0 spiro atoms. The van der Waals surface area contributed by atoms with E-state index in [1.54, 1.807) is 6.20 Å². The van der Waals surface area contributed by atoms with E-state index in [0.29, 0.717) is 19.8 Å². The Hall–Kier alpha value is -1.66. The van der Waals surface area contributed by atoms with Gasteiger partial charge in [0, 0.05) is 12.7 Å². The molecular formula is C13H15N3O2S. The maximum absolute atomic E-state index is 12.6. The van der Waals surface area contributed by atoms with E-state index >= 15 is 0 Å². The highest BCUT2D eigenvalue weighted by atomic mass is 32.1. The first-order valence-electron chi connectivity index (χ1n) is 6.19. The fraction of sp³-hybridized carbons (Fsp3) is 0.385. The van der Waals surface area contributed by atoms with Gasteiger partial charge in [0.2, 0.25) is 0 Å². The van der Waals surface area contributed by atoms with Crippen LogP contribution in [0.25, 0.3) is 0 Å². The van der Waals surface area contributed by atoms with Crippen molar-refractivity contribution in [3.8, 4) is 0 Å². The summed E-state index contributed by atoms with van der Waals surface area (Å²) < 4.78 is 5.50. The largest absolute Gasteiger partial charge is 0.377 e. The molecule has 1 saturated heterocycles. The van der Waals surface area contributed by atoms with Gasteiger partial charge in [0.05, 0.1) is 29.8 Å². The number of nitrogens with zero attached hydrogens (tertiary/aromatic N) is 2. The average molecular weight is 277 g/mol. The van der Waals surface area contributed by atoms with E-state index in [1.165, 1.54) is 11.3 Å². The second kappa shape index (κ2) is 5.14. The average Bonchev–Trinajstić information content (AvgIpc) is 3.09. The zero-order chi connectivity index (χ0) is 13.2. The minimum absolute atomic E-state index is 0.0785. The molecule has 1 fully saturated rings. The summed E-state index contributed by atoms with van der Waals surface area (Å²) >= 11 is 1.49. The van der Waals surface area contributed by atoms with Gasteiger partial charge in [0.15, 0.2) is 0 Å². The molecule has 1 amide bonds. The van der Waals surface area contributed by atoms with Gasteiger partial charge in [-0.05, 0) is 30.0 Å². The van der Waals surface area contributed by atoms with Crippen LogP contribution in [-0.4, -0.2) is 40.8 Å².